The lowest BCUT2D eigenvalue weighted by Crippen LogP contribution is -2.40. The molecule has 0 amide bonds. The van der Waals surface area contributed by atoms with Crippen LogP contribution in [0.4, 0.5) is 0 Å². The van der Waals surface area contributed by atoms with E-state index in [0.29, 0.717) is 19.0 Å². The molecule has 2 rings (SSSR count). The van der Waals surface area contributed by atoms with Gasteiger partial charge in [0.15, 0.2) is 5.96 Å². The number of nitrogens with one attached hydrogen (secondary N) is 2. The van der Waals surface area contributed by atoms with E-state index in [1.54, 1.807) is 4.31 Å². The summed E-state index contributed by atoms with van der Waals surface area (Å²) in [6.07, 6.45) is 3.03. The number of aliphatic imine (C=N–C) groups is 1. The number of rotatable bonds is 8. The number of hydrogen-bond donors (Lipinski definition) is 2. The molecule has 0 aromatic heterocycles. The lowest BCUT2D eigenvalue weighted by atomic mass is 9.98. The van der Waals surface area contributed by atoms with E-state index in [0.717, 1.165) is 44.2 Å². The second-order valence-electron chi connectivity index (χ2n) is 6.41. The van der Waals surface area contributed by atoms with E-state index in [1.807, 2.05) is 17.8 Å². The minimum absolute atomic E-state index is 0.446. The fraction of sp³-hybridized carbons (Fsp3) is 0.611. The summed E-state index contributed by atoms with van der Waals surface area (Å²) in [5, 5.41) is 6.65. The topological polar surface area (TPSA) is 73.8 Å². The fourth-order valence-corrected chi connectivity index (χ4v) is 4.50. The SMILES string of the molecule is CCNC(=NCC1CCN(S(C)(=O)=O)CC1)NCCSc1ccccc1. The van der Waals surface area contributed by atoms with Gasteiger partial charge in [0, 0.05) is 43.4 Å². The van der Waals surface area contributed by atoms with Crippen LogP contribution in [-0.4, -0.2) is 63.4 Å². The number of piperidine rings is 1. The van der Waals surface area contributed by atoms with E-state index in [4.69, 9.17) is 0 Å². The van der Waals surface area contributed by atoms with Crippen LogP contribution in [0.2, 0.25) is 0 Å². The highest BCUT2D eigenvalue weighted by molar-refractivity contribution is 7.99. The Balaban J connectivity index is 1.72. The Hall–Kier alpha value is -1.25. The van der Waals surface area contributed by atoms with Gasteiger partial charge < -0.3 is 10.6 Å². The highest BCUT2D eigenvalue weighted by Gasteiger charge is 2.24. The van der Waals surface area contributed by atoms with E-state index in [9.17, 15) is 8.42 Å². The molecule has 6 nitrogen and oxygen atoms in total. The van der Waals surface area contributed by atoms with Gasteiger partial charge in [0.2, 0.25) is 10.0 Å². The zero-order chi connectivity index (χ0) is 18.8. The average molecular weight is 399 g/mol. The fourth-order valence-electron chi connectivity index (χ4n) is 2.84. The molecule has 0 atom stereocenters. The van der Waals surface area contributed by atoms with Crippen molar-refractivity contribution in [3.8, 4) is 0 Å². The van der Waals surface area contributed by atoms with Crippen LogP contribution < -0.4 is 10.6 Å². The lowest BCUT2D eigenvalue weighted by molar-refractivity contribution is 0.280. The van der Waals surface area contributed by atoms with Gasteiger partial charge in [0.25, 0.3) is 0 Å². The van der Waals surface area contributed by atoms with Gasteiger partial charge in [-0.25, -0.2) is 12.7 Å². The molecule has 0 radical (unpaired) electrons. The van der Waals surface area contributed by atoms with Crippen molar-refractivity contribution in [2.75, 3.05) is 44.7 Å². The van der Waals surface area contributed by atoms with Crippen molar-refractivity contribution in [1.29, 1.82) is 0 Å². The van der Waals surface area contributed by atoms with E-state index in [-0.39, 0.29) is 0 Å². The number of thioether (sulfide) groups is 1. The summed E-state index contributed by atoms with van der Waals surface area (Å²) < 4.78 is 24.7. The maximum atomic E-state index is 11.6. The zero-order valence-electron chi connectivity index (χ0n) is 15.6. The van der Waals surface area contributed by atoms with E-state index < -0.39 is 10.0 Å². The molecule has 0 saturated carbocycles. The van der Waals surface area contributed by atoms with Crippen molar-refractivity contribution in [2.45, 2.75) is 24.7 Å². The third kappa shape index (κ3) is 7.55. The molecule has 1 aliphatic rings. The molecule has 1 aliphatic heterocycles. The largest absolute Gasteiger partial charge is 0.357 e. The summed E-state index contributed by atoms with van der Waals surface area (Å²) in [6, 6.07) is 10.4. The Morgan fingerprint density at radius 2 is 1.92 bits per heavy atom. The molecule has 146 valence electrons. The first kappa shape index (κ1) is 21.1. The Kier molecular flexibility index (Phi) is 8.74. The molecular formula is C18H30N4O2S2. The third-order valence-electron chi connectivity index (χ3n) is 4.30. The van der Waals surface area contributed by atoms with Crippen molar-refractivity contribution in [2.24, 2.45) is 10.9 Å². The van der Waals surface area contributed by atoms with Crippen molar-refractivity contribution >= 4 is 27.7 Å². The monoisotopic (exact) mass is 398 g/mol. The lowest BCUT2D eigenvalue weighted by Gasteiger charge is -2.29. The van der Waals surface area contributed by atoms with Crippen LogP contribution in [-0.2, 0) is 10.0 Å². The summed E-state index contributed by atoms with van der Waals surface area (Å²) >= 11 is 1.82. The standard InChI is InChI=1S/C18H30N4O2S2/c1-3-19-18(20-11-14-25-17-7-5-4-6-8-17)21-15-16-9-12-22(13-10-16)26(2,23)24/h4-8,16H,3,9-15H2,1-2H3,(H2,19,20,21). The van der Waals surface area contributed by atoms with E-state index in [1.165, 1.54) is 11.2 Å². The summed E-state index contributed by atoms with van der Waals surface area (Å²) in [5.74, 6) is 2.26. The number of guanidine groups is 1. The van der Waals surface area contributed by atoms with Crippen LogP contribution in [0.25, 0.3) is 0 Å². The first-order valence-electron chi connectivity index (χ1n) is 9.14. The van der Waals surface area contributed by atoms with Gasteiger partial charge in [-0.15, -0.1) is 11.8 Å². The van der Waals surface area contributed by atoms with Crippen LogP contribution in [0.5, 0.6) is 0 Å². The number of hydrogen-bond acceptors (Lipinski definition) is 4. The predicted molar refractivity (Wildman–Crippen MR) is 110 cm³/mol. The second-order valence-corrected chi connectivity index (χ2v) is 9.56. The van der Waals surface area contributed by atoms with Crippen LogP contribution in [0.1, 0.15) is 19.8 Å². The van der Waals surface area contributed by atoms with Gasteiger partial charge in [-0.3, -0.25) is 4.99 Å². The van der Waals surface area contributed by atoms with E-state index >= 15 is 0 Å². The average Bonchev–Trinajstić information content (AvgIpc) is 2.63. The van der Waals surface area contributed by atoms with Gasteiger partial charge in [0.05, 0.1) is 6.26 Å². The third-order valence-corrected chi connectivity index (χ3v) is 6.62. The molecule has 0 bridgehead atoms. The number of benzene rings is 1. The molecule has 8 heteroatoms. The molecule has 1 aromatic carbocycles. The van der Waals surface area contributed by atoms with Crippen molar-refractivity contribution in [1.82, 2.24) is 14.9 Å². The maximum Gasteiger partial charge on any atom is 0.211 e. The molecule has 2 N–H and O–H groups in total. The Labute approximate surface area is 161 Å². The minimum atomic E-state index is -3.06. The maximum absolute atomic E-state index is 11.6. The molecule has 1 aromatic rings. The Morgan fingerprint density at radius 1 is 1.23 bits per heavy atom. The quantitative estimate of drug-likeness (QED) is 0.303. The summed E-state index contributed by atoms with van der Waals surface area (Å²) in [6.45, 7) is 5.68. The van der Waals surface area contributed by atoms with Gasteiger partial charge in [-0.1, -0.05) is 18.2 Å². The molecule has 1 fully saturated rings. The predicted octanol–water partition coefficient (Wildman–Crippen LogP) is 2.01. The Morgan fingerprint density at radius 3 is 2.54 bits per heavy atom. The molecule has 1 saturated heterocycles. The van der Waals surface area contributed by atoms with Crippen LogP contribution in [0, 0.1) is 5.92 Å². The Bertz CT molecular complexity index is 657. The van der Waals surface area contributed by atoms with Crippen molar-refractivity contribution < 1.29 is 8.42 Å². The normalized spacial score (nSPS) is 17.2. The smallest absolute Gasteiger partial charge is 0.211 e. The number of sulfonamides is 1. The van der Waals surface area contributed by atoms with Crippen LogP contribution in [0.3, 0.4) is 0 Å². The van der Waals surface area contributed by atoms with Crippen molar-refractivity contribution in [3.05, 3.63) is 30.3 Å². The second kappa shape index (κ2) is 10.8. The van der Waals surface area contributed by atoms with Gasteiger partial charge >= 0.3 is 0 Å². The summed E-state index contributed by atoms with van der Waals surface area (Å²) in [4.78, 5) is 5.96. The highest BCUT2D eigenvalue weighted by Crippen LogP contribution is 2.19. The molecule has 0 aliphatic carbocycles. The summed E-state index contributed by atoms with van der Waals surface area (Å²) in [7, 11) is -3.06. The van der Waals surface area contributed by atoms with Crippen molar-refractivity contribution in [3.63, 3.8) is 0 Å². The molecule has 0 spiro atoms. The molecule has 0 unspecified atom stereocenters. The van der Waals surface area contributed by atoms with Gasteiger partial charge in [-0.2, -0.15) is 0 Å². The first-order chi connectivity index (χ1) is 12.5. The molecular weight excluding hydrogens is 368 g/mol. The summed E-state index contributed by atoms with van der Waals surface area (Å²) in [5.41, 5.74) is 0. The van der Waals surface area contributed by atoms with Gasteiger partial charge in [-0.05, 0) is 37.8 Å². The minimum Gasteiger partial charge on any atom is -0.357 e. The molecule has 1 heterocycles. The van der Waals surface area contributed by atoms with Crippen LogP contribution in [0.15, 0.2) is 40.2 Å². The molecule has 26 heavy (non-hydrogen) atoms. The van der Waals surface area contributed by atoms with E-state index in [2.05, 4.69) is 46.8 Å². The number of nitrogens with zero attached hydrogens (tertiary/aromatic N) is 2. The van der Waals surface area contributed by atoms with Crippen LogP contribution >= 0.6 is 11.8 Å². The first-order valence-corrected chi connectivity index (χ1v) is 12.0. The zero-order valence-corrected chi connectivity index (χ0v) is 17.3. The highest BCUT2D eigenvalue weighted by atomic mass is 32.2. The van der Waals surface area contributed by atoms with Gasteiger partial charge in [0.1, 0.15) is 0 Å².